The van der Waals surface area contributed by atoms with E-state index in [9.17, 15) is 9.59 Å². The van der Waals surface area contributed by atoms with Gasteiger partial charge in [0.1, 0.15) is 6.04 Å². The Morgan fingerprint density at radius 3 is 2.75 bits per heavy atom. The zero-order chi connectivity index (χ0) is 14.5. The molecule has 0 N–H and O–H groups in total. The predicted octanol–water partition coefficient (Wildman–Crippen LogP) is 2.15. The molecule has 2 amide bonds. The van der Waals surface area contributed by atoms with Crippen LogP contribution in [-0.2, 0) is 16.0 Å². The first-order chi connectivity index (χ1) is 9.67. The molecule has 1 aromatic rings. The van der Waals surface area contributed by atoms with Crippen molar-refractivity contribution in [2.24, 2.45) is 0 Å². The van der Waals surface area contributed by atoms with Gasteiger partial charge in [-0.2, -0.15) is 0 Å². The maximum Gasteiger partial charge on any atom is 0.245 e. The Bertz CT molecular complexity index is 454. The van der Waals surface area contributed by atoms with Crippen LogP contribution < -0.4 is 0 Å². The molecule has 1 saturated heterocycles. The molecule has 4 nitrogen and oxygen atoms in total. The summed E-state index contributed by atoms with van der Waals surface area (Å²) in [6.07, 6.45) is 2.14. The maximum atomic E-state index is 12.5. The second-order valence-electron chi connectivity index (χ2n) is 5.01. The van der Waals surface area contributed by atoms with Crippen molar-refractivity contribution in [3.05, 3.63) is 22.4 Å². The van der Waals surface area contributed by atoms with Crippen molar-refractivity contribution in [2.75, 3.05) is 19.6 Å². The highest BCUT2D eigenvalue weighted by molar-refractivity contribution is 7.10. The molecule has 1 aliphatic heterocycles. The lowest BCUT2D eigenvalue weighted by molar-refractivity contribution is -0.143. The molecule has 0 aromatic carbocycles. The smallest absolute Gasteiger partial charge is 0.245 e. The van der Waals surface area contributed by atoms with Crippen molar-refractivity contribution >= 4 is 23.2 Å². The molecule has 1 atom stereocenters. The number of hydrogen-bond donors (Lipinski definition) is 0. The van der Waals surface area contributed by atoms with Crippen LogP contribution in [0.5, 0.6) is 0 Å². The Kier molecular flexibility index (Phi) is 5.17. The van der Waals surface area contributed by atoms with Gasteiger partial charge in [-0.15, -0.1) is 11.3 Å². The average molecular weight is 294 g/mol. The molecule has 1 unspecified atom stereocenters. The number of amides is 2. The third kappa shape index (κ3) is 3.20. The van der Waals surface area contributed by atoms with Crippen molar-refractivity contribution < 1.29 is 9.59 Å². The van der Waals surface area contributed by atoms with E-state index in [1.54, 1.807) is 16.2 Å². The second-order valence-corrected chi connectivity index (χ2v) is 6.04. The highest BCUT2D eigenvalue weighted by atomic mass is 32.1. The SMILES string of the molecule is CCN(CC)C(=O)C1CCCN1C(=O)Cc1cccs1. The minimum Gasteiger partial charge on any atom is -0.341 e. The Balaban J connectivity index is 2.03. The van der Waals surface area contributed by atoms with Gasteiger partial charge in [0.15, 0.2) is 0 Å². The van der Waals surface area contributed by atoms with E-state index in [0.717, 1.165) is 17.7 Å². The molecule has 0 bridgehead atoms. The van der Waals surface area contributed by atoms with Gasteiger partial charge in [-0.3, -0.25) is 9.59 Å². The molecule has 2 heterocycles. The average Bonchev–Trinajstić information content (AvgIpc) is 3.10. The van der Waals surface area contributed by atoms with Crippen LogP contribution in [-0.4, -0.2) is 47.3 Å². The molecule has 5 heteroatoms. The molecule has 110 valence electrons. The van der Waals surface area contributed by atoms with Crippen LogP contribution >= 0.6 is 11.3 Å². The van der Waals surface area contributed by atoms with Crippen LogP contribution in [0.3, 0.4) is 0 Å². The summed E-state index contributed by atoms with van der Waals surface area (Å²) < 4.78 is 0. The lowest BCUT2D eigenvalue weighted by atomic mass is 10.1. The number of likely N-dealkylation sites (tertiary alicyclic amines) is 1. The molecular weight excluding hydrogens is 272 g/mol. The minimum atomic E-state index is -0.248. The molecule has 0 saturated carbocycles. The molecule has 0 aliphatic carbocycles. The summed E-state index contributed by atoms with van der Waals surface area (Å²) in [7, 11) is 0. The van der Waals surface area contributed by atoms with E-state index in [2.05, 4.69) is 0 Å². The third-order valence-electron chi connectivity index (χ3n) is 3.84. The summed E-state index contributed by atoms with van der Waals surface area (Å²) in [6, 6.07) is 3.68. The molecule has 1 aliphatic rings. The van der Waals surface area contributed by atoms with Crippen molar-refractivity contribution in [3.63, 3.8) is 0 Å². The zero-order valence-corrected chi connectivity index (χ0v) is 13.0. The van der Waals surface area contributed by atoms with Gasteiger partial charge in [-0.05, 0) is 38.1 Å². The Hall–Kier alpha value is -1.36. The number of hydrogen-bond acceptors (Lipinski definition) is 3. The van der Waals surface area contributed by atoms with Crippen molar-refractivity contribution in [1.29, 1.82) is 0 Å². The number of rotatable bonds is 5. The van der Waals surface area contributed by atoms with E-state index in [1.807, 2.05) is 36.3 Å². The third-order valence-corrected chi connectivity index (χ3v) is 4.72. The van der Waals surface area contributed by atoms with Crippen molar-refractivity contribution in [1.82, 2.24) is 9.80 Å². The van der Waals surface area contributed by atoms with E-state index in [0.29, 0.717) is 26.1 Å². The van der Waals surface area contributed by atoms with Crippen LogP contribution in [0.15, 0.2) is 17.5 Å². The van der Waals surface area contributed by atoms with E-state index in [1.165, 1.54) is 0 Å². The van der Waals surface area contributed by atoms with Gasteiger partial charge in [-0.1, -0.05) is 6.07 Å². The monoisotopic (exact) mass is 294 g/mol. The summed E-state index contributed by atoms with van der Waals surface area (Å²) in [5, 5.41) is 1.98. The van der Waals surface area contributed by atoms with Gasteiger partial charge in [0.05, 0.1) is 6.42 Å². The highest BCUT2D eigenvalue weighted by Gasteiger charge is 2.35. The van der Waals surface area contributed by atoms with Crippen LogP contribution in [0.1, 0.15) is 31.6 Å². The zero-order valence-electron chi connectivity index (χ0n) is 12.2. The summed E-state index contributed by atoms with van der Waals surface area (Å²) in [4.78, 5) is 29.5. The molecule has 1 fully saturated rings. The summed E-state index contributed by atoms with van der Waals surface area (Å²) in [5.41, 5.74) is 0. The van der Waals surface area contributed by atoms with Crippen LogP contribution in [0.2, 0.25) is 0 Å². The first-order valence-corrected chi connectivity index (χ1v) is 8.16. The first-order valence-electron chi connectivity index (χ1n) is 7.28. The van der Waals surface area contributed by atoms with E-state index < -0.39 is 0 Å². The number of carbonyl (C=O) groups is 2. The molecule has 2 rings (SSSR count). The lowest BCUT2D eigenvalue weighted by Crippen LogP contribution is -2.48. The number of carbonyl (C=O) groups excluding carboxylic acids is 2. The standard InChI is InChI=1S/C15H22N2O2S/c1-3-16(4-2)15(19)13-8-5-9-17(13)14(18)11-12-7-6-10-20-12/h6-7,10,13H,3-5,8-9,11H2,1-2H3. The van der Waals surface area contributed by atoms with Gasteiger partial charge in [0, 0.05) is 24.5 Å². The molecule has 20 heavy (non-hydrogen) atoms. The molecule has 1 aromatic heterocycles. The van der Waals surface area contributed by atoms with E-state index in [-0.39, 0.29) is 17.9 Å². The molecule has 0 radical (unpaired) electrons. The fraction of sp³-hybridized carbons (Fsp3) is 0.600. The Morgan fingerprint density at radius 1 is 1.40 bits per heavy atom. The highest BCUT2D eigenvalue weighted by Crippen LogP contribution is 2.21. The molecular formula is C15H22N2O2S. The largest absolute Gasteiger partial charge is 0.341 e. The predicted molar refractivity (Wildman–Crippen MR) is 80.7 cm³/mol. The van der Waals surface area contributed by atoms with Gasteiger partial charge in [0.25, 0.3) is 0 Å². The number of nitrogens with zero attached hydrogens (tertiary/aromatic N) is 2. The number of likely N-dealkylation sites (N-methyl/N-ethyl adjacent to an activating group) is 1. The topological polar surface area (TPSA) is 40.6 Å². The van der Waals surface area contributed by atoms with E-state index >= 15 is 0 Å². The Labute approximate surface area is 124 Å². The number of thiophene rings is 1. The second kappa shape index (κ2) is 6.88. The molecule has 0 spiro atoms. The maximum absolute atomic E-state index is 12.5. The van der Waals surface area contributed by atoms with E-state index in [4.69, 9.17) is 0 Å². The summed E-state index contributed by atoms with van der Waals surface area (Å²) >= 11 is 1.59. The van der Waals surface area contributed by atoms with Gasteiger partial charge in [-0.25, -0.2) is 0 Å². The van der Waals surface area contributed by atoms with Gasteiger partial charge in [0.2, 0.25) is 11.8 Å². The Morgan fingerprint density at radius 2 is 2.15 bits per heavy atom. The fourth-order valence-electron chi connectivity index (χ4n) is 2.73. The van der Waals surface area contributed by atoms with Crippen LogP contribution in [0.25, 0.3) is 0 Å². The van der Waals surface area contributed by atoms with Crippen molar-refractivity contribution in [3.8, 4) is 0 Å². The van der Waals surface area contributed by atoms with Gasteiger partial charge >= 0.3 is 0 Å². The summed E-state index contributed by atoms with van der Waals surface area (Å²) in [5.74, 6) is 0.183. The quantitative estimate of drug-likeness (QED) is 0.835. The minimum absolute atomic E-state index is 0.0791. The van der Waals surface area contributed by atoms with Crippen LogP contribution in [0, 0.1) is 0 Å². The van der Waals surface area contributed by atoms with Gasteiger partial charge < -0.3 is 9.80 Å². The summed E-state index contributed by atoms with van der Waals surface area (Å²) in [6.45, 7) is 6.09. The van der Waals surface area contributed by atoms with Crippen molar-refractivity contribution in [2.45, 2.75) is 39.2 Å². The van der Waals surface area contributed by atoms with Crippen LogP contribution in [0.4, 0.5) is 0 Å². The normalized spacial score (nSPS) is 18.3. The lowest BCUT2D eigenvalue weighted by Gasteiger charge is -2.29. The first kappa shape index (κ1) is 15.0. The fourth-order valence-corrected chi connectivity index (χ4v) is 3.43.